The molecule has 0 aromatic heterocycles. The highest BCUT2D eigenvalue weighted by molar-refractivity contribution is 5.97. The second-order valence-electron chi connectivity index (χ2n) is 6.59. The SMILES string of the molecule is CCN1CC(NC(=O)c2ccccc2OCc2ccc(F)cc2)CN1CC. The number of carbonyl (C=O) groups excluding carboxylic acids is 1. The standard InChI is InChI=1S/C21H26FN3O2/c1-3-24-13-18(14-25(24)4-2)23-21(26)19-7-5-6-8-20(19)27-15-16-9-11-17(22)12-10-16/h5-12,18H,3-4,13-15H2,1-2H3,(H,23,26). The second-order valence-corrected chi connectivity index (χ2v) is 6.59. The van der Waals surface area contributed by atoms with Crippen LogP contribution in [-0.4, -0.2) is 48.1 Å². The van der Waals surface area contributed by atoms with Crippen LogP contribution >= 0.6 is 0 Å². The Hall–Kier alpha value is -2.44. The number of para-hydroxylation sites is 1. The van der Waals surface area contributed by atoms with Gasteiger partial charge in [-0.1, -0.05) is 38.1 Å². The Balaban J connectivity index is 1.64. The van der Waals surface area contributed by atoms with Crippen LogP contribution in [0.2, 0.25) is 0 Å². The first-order chi connectivity index (χ1) is 13.1. The van der Waals surface area contributed by atoms with Crippen LogP contribution in [0, 0.1) is 5.82 Å². The Morgan fingerprint density at radius 1 is 1.07 bits per heavy atom. The zero-order valence-corrected chi connectivity index (χ0v) is 15.8. The first-order valence-electron chi connectivity index (χ1n) is 9.37. The Morgan fingerprint density at radius 2 is 1.70 bits per heavy atom. The topological polar surface area (TPSA) is 44.8 Å². The largest absolute Gasteiger partial charge is 0.488 e. The molecule has 0 unspecified atom stereocenters. The van der Waals surface area contributed by atoms with E-state index in [2.05, 4.69) is 29.2 Å². The summed E-state index contributed by atoms with van der Waals surface area (Å²) in [5.41, 5.74) is 1.36. The van der Waals surface area contributed by atoms with E-state index < -0.39 is 0 Å². The van der Waals surface area contributed by atoms with E-state index in [1.165, 1.54) is 12.1 Å². The van der Waals surface area contributed by atoms with Gasteiger partial charge in [-0.3, -0.25) is 4.79 Å². The van der Waals surface area contributed by atoms with Gasteiger partial charge < -0.3 is 10.1 Å². The number of nitrogens with zero attached hydrogens (tertiary/aromatic N) is 2. The minimum atomic E-state index is -0.280. The van der Waals surface area contributed by atoms with E-state index in [0.29, 0.717) is 11.3 Å². The van der Waals surface area contributed by atoms with Crippen molar-refractivity contribution in [3.8, 4) is 5.75 Å². The highest BCUT2D eigenvalue weighted by Gasteiger charge is 2.29. The number of benzene rings is 2. The summed E-state index contributed by atoms with van der Waals surface area (Å²) in [6, 6.07) is 13.4. The van der Waals surface area contributed by atoms with Crippen LogP contribution in [0.5, 0.6) is 5.75 Å². The molecule has 0 atom stereocenters. The summed E-state index contributed by atoms with van der Waals surface area (Å²) in [5.74, 6) is 0.109. The van der Waals surface area contributed by atoms with Gasteiger partial charge in [0.1, 0.15) is 18.2 Å². The molecule has 0 aliphatic carbocycles. The molecule has 1 N–H and O–H groups in total. The molecule has 1 fully saturated rings. The van der Waals surface area contributed by atoms with E-state index >= 15 is 0 Å². The van der Waals surface area contributed by atoms with E-state index in [1.807, 2.05) is 12.1 Å². The lowest BCUT2D eigenvalue weighted by atomic mass is 10.1. The molecule has 144 valence electrons. The Labute approximate surface area is 159 Å². The number of carbonyl (C=O) groups is 1. The second kappa shape index (κ2) is 8.97. The maximum absolute atomic E-state index is 13.0. The lowest BCUT2D eigenvalue weighted by Crippen LogP contribution is -2.38. The minimum Gasteiger partial charge on any atom is -0.488 e. The Kier molecular flexibility index (Phi) is 6.42. The Bertz CT molecular complexity index is 754. The van der Waals surface area contributed by atoms with Crippen LogP contribution in [-0.2, 0) is 6.61 Å². The van der Waals surface area contributed by atoms with Gasteiger partial charge in [0.15, 0.2) is 0 Å². The number of ether oxygens (including phenoxy) is 1. The summed E-state index contributed by atoms with van der Waals surface area (Å²) in [6.45, 7) is 8.00. The van der Waals surface area contributed by atoms with Gasteiger partial charge in [0.2, 0.25) is 0 Å². The fourth-order valence-corrected chi connectivity index (χ4v) is 3.33. The van der Waals surface area contributed by atoms with Gasteiger partial charge in [0.25, 0.3) is 5.91 Å². The molecule has 3 rings (SSSR count). The first-order valence-corrected chi connectivity index (χ1v) is 9.37. The zero-order valence-electron chi connectivity index (χ0n) is 15.8. The number of hydrazine groups is 1. The van der Waals surface area contributed by atoms with Crippen LogP contribution in [0.4, 0.5) is 4.39 Å². The van der Waals surface area contributed by atoms with Crippen LogP contribution in [0.1, 0.15) is 29.8 Å². The highest BCUT2D eigenvalue weighted by atomic mass is 19.1. The third-order valence-electron chi connectivity index (χ3n) is 4.77. The highest BCUT2D eigenvalue weighted by Crippen LogP contribution is 2.20. The zero-order chi connectivity index (χ0) is 19.2. The summed E-state index contributed by atoms with van der Waals surface area (Å²) in [6.07, 6.45) is 0. The molecular weight excluding hydrogens is 345 g/mol. The lowest BCUT2D eigenvalue weighted by molar-refractivity contribution is 0.0388. The molecule has 0 saturated carbocycles. The predicted octanol–water partition coefficient (Wildman–Crippen LogP) is 3.08. The fourth-order valence-electron chi connectivity index (χ4n) is 3.33. The average molecular weight is 371 g/mol. The monoisotopic (exact) mass is 371 g/mol. The summed E-state index contributed by atoms with van der Waals surface area (Å²) in [7, 11) is 0. The van der Waals surface area contributed by atoms with Gasteiger partial charge in [-0.05, 0) is 29.8 Å². The van der Waals surface area contributed by atoms with Crippen LogP contribution < -0.4 is 10.1 Å². The molecule has 1 saturated heterocycles. The van der Waals surface area contributed by atoms with Crippen molar-refractivity contribution in [2.24, 2.45) is 0 Å². The smallest absolute Gasteiger partial charge is 0.255 e. The van der Waals surface area contributed by atoms with Gasteiger partial charge in [-0.15, -0.1) is 0 Å². The summed E-state index contributed by atoms with van der Waals surface area (Å²) < 4.78 is 18.8. The number of amides is 1. The maximum atomic E-state index is 13.0. The normalized spacial score (nSPS) is 15.8. The molecule has 27 heavy (non-hydrogen) atoms. The third-order valence-corrected chi connectivity index (χ3v) is 4.77. The fraction of sp³-hybridized carbons (Fsp3) is 0.381. The molecule has 1 aliphatic heterocycles. The molecule has 5 nitrogen and oxygen atoms in total. The molecule has 1 aliphatic rings. The van der Waals surface area contributed by atoms with Crippen molar-refractivity contribution in [3.05, 3.63) is 65.5 Å². The van der Waals surface area contributed by atoms with Gasteiger partial charge in [-0.25, -0.2) is 14.4 Å². The van der Waals surface area contributed by atoms with E-state index in [1.54, 1.807) is 24.3 Å². The minimum absolute atomic E-state index is 0.0857. The molecule has 0 radical (unpaired) electrons. The van der Waals surface area contributed by atoms with E-state index in [9.17, 15) is 9.18 Å². The maximum Gasteiger partial charge on any atom is 0.255 e. The van der Waals surface area contributed by atoms with Crippen LogP contribution in [0.3, 0.4) is 0 Å². The van der Waals surface area contributed by atoms with Crippen molar-refractivity contribution in [3.63, 3.8) is 0 Å². The number of hydrogen-bond acceptors (Lipinski definition) is 4. The molecule has 2 aromatic carbocycles. The van der Waals surface area contributed by atoms with Crippen LogP contribution in [0.25, 0.3) is 0 Å². The Morgan fingerprint density at radius 3 is 2.33 bits per heavy atom. The molecular formula is C21H26FN3O2. The molecule has 0 spiro atoms. The summed E-state index contributed by atoms with van der Waals surface area (Å²) in [4.78, 5) is 12.8. The van der Waals surface area contributed by atoms with Crippen LogP contribution in [0.15, 0.2) is 48.5 Å². The van der Waals surface area contributed by atoms with Crippen molar-refractivity contribution >= 4 is 5.91 Å². The van der Waals surface area contributed by atoms with E-state index in [-0.39, 0.29) is 24.4 Å². The lowest BCUT2D eigenvalue weighted by Gasteiger charge is -2.24. The predicted molar refractivity (Wildman–Crippen MR) is 103 cm³/mol. The molecule has 6 heteroatoms. The molecule has 1 heterocycles. The summed E-state index contributed by atoms with van der Waals surface area (Å²) in [5, 5.41) is 7.62. The van der Waals surface area contributed by atoms with Gasteiger partial charge >= 0.3 is 0 Å². The number of nitrogens with one attached hydrogen (secondary N) is 1. The first kappa shape index (κ1) is 19.3. The third kappa shape index (κ3) is 4.84. The molecule has 1 amide bonds. The quantitative estimate of drug-likeness (QED) is 0.812. The van der Waals surface area contributed by atoms with Crippen molar-refractivity contribution in [2.75, 3.05) is 26.2 Å². The number of likely N-dealkylation sites (N-methyl/N-ethyl adjacent to an activating group) is 2. The van der Waals surface area contributed by atoms with Crippen molar-refractivity contribution in [1.29, 1.82) is 0 Å². The van der Waals surface area contributed by atoms with Gasteiger partial charge in [0, 0.05) is 26.2 Å². The number of hydrogen-bond donors (Lipinski definition) is 1. The summed E-state index contributed by atoms with van der Waals surface area (Å²) >= 11 is 0. The average Bonchev–Trinajstić information content (AvgIpc) is 3.09. The van der Waals surface area contributed by atoms with Gasteiger partial charge in [-0.2, -0.15) is 0 Å². The van der Waals surface area contributed by atoms with E-state index in [4.69, 9.17) is 4.74 Å². The molecule has 0 bridgehead atoms. The number of halogens is 1. The molecule has 2 aromatic rings. The van der Waals surface area contributed by atoms with Crippen molar-refractivity contribution in [2.45, 2.75) is 26.5 Å². The van der Waals surface area contributed by atoms with Gasteiger partial charge in [0.05, 0.1) is 11.6 Å². The van der Waals surface area contributed by atoms with Crippen molar-refractivity contribution < 1.29 is 13.9 Å². The number of rotatable bonds is 7. The van der Waals surface area contributed by atoms with E-state index in [0.717, 1.165) is 31.7 Å². The van der Waals surface area contributed by atoms with Crippen molar-refractivity contribution in [1.82, 2.24) is 15.3 Å².